The van der Waals surface area contributed by atoms with Gasteiger partial charge in [0.05, 0.1) is 0 Å². The van der Waals surface area contributed by atoms with Gasteiger partial charge in [-0.15, -0.1) is 0 Å². The van der Waals surface area contributed by atoms with Gasteiger partial charge in [-0.2, -0.15) is 4.98 Å². The highest BCUT2D eigenvalue weighted by molar-refractivity contribution is 4.89. The number of rotatable bonds is 4. The molecule has 0 radical (unpaired) electrons. The van der Waals surface area contributed by atoms with Crippen LogP contribution in [-0.4, -0.2) is 16.2 Å². The maximum absolute atomic E-state index is 5.61. The monoisotopic (exact) mass is 183 g/mol. The van der Waals surface area contributed by atoms with Gasteiger partial charge < -0.3 is 10.3 Å². The van der Waals surface area contributed by atoms with Gasteiger partial charge >= 0.3 is 0 Å². The number of aromatic nitrogens is 2. The molecule has 0 aliphatic heterocycles. The third-order valence-corrected chi connectivity index (χ3v) is 1.60. The van der Waals surface area contributed by atoms with Crippen molar-refractivity contribution in [2.45, 2.75) is 39.7 Å². The molecule has 0 saturated carbocycles. The van der Waals surface area contributed by atoms with Crippen LogP contribution in [0.1, 0.15) is 32.5 Å². The van der Waals surface area contributed by atoms with Crippen molar-refractivity contribution in [2.24, 2.45) is 11.7 Å². The zero-order valence-corrected chi connectivity index (χ0v) is 8.45. The summed E-state index contributed by atoms with van der Waals surface area (Å²) >= 11 is 0. The SMILES string of the molecule is CC(C)Cc1nc(CC(C)N)no1. The number of nitrogens with zero attached hydrogens (tertiary/aromatic N) is 2. The smallest absolute Gasteiger partial charge is 0.226 e. The Kier molecular flexibility index (Phi) is 3.42. The number of hydrogen-bond donors (Lipinski definition) is 1. The Hall–Kier alpha value is -0.900. The summed E-state index contributed by atoms with van der Waals surface area (Å²) in [6, 6.07) is 0.0875. The zero-order valence-electron chi connectivity index (χ0n) is 8.45. The normalized spacial score (nSPS) is 13.6. The molecule has 2 N–H and O–H groups in total. The minimum Gasteiger partial charge on any atom is -0.339 e. The first kappa shape index (κ1) is 10.2. The molecular weight excluding hydrogens is 166 g/mol. The van der Waals surface area contributed by atoms with E-state index in [2.05, 4.69) is 24.0 Å². The molecule has 0 aromatic carbocycles. The van der Waals surface area contributed by atoms with Crippen molar-refractivity contribution < 1.29 is 4.52 Å². The van der Waals surface area contributed by atoms with E-state index in [4.69, 9.17) is 10.3 Å². The fourth-order valence-corrected chi connectivity index (χ4v) is 1.09. The van der Waals surface area contributed by atoms with Crippen LogP contribution in [0.25, 0.3) is 0 Å². The Balaban J connectivity index is 2.53. The summed E-state index contributed by atoms with van der Waals surface area (Å²) in [6.45, 7) is 6.17. The van der Waals surface area contributed by atoms with Crippen molar-refractivity contribution in [1.29, 1.82) is 0 Å². The van der Waals surface area contributed by atoms with Gasteiger partial charge in [0.1, 0.15) is 0 Å². The van der Waals surface area contributed by atoms with E-state index in [1.165, 1.54) is 0 Å². The van der Waals surface area contributed by atoms with Crippen LogP contribution in [0.4, 0.5) is 0 Å². The topological polar surface area (TPSA) is 64.9 Å². The lowest BCUT2D eigenvalue weighted by molar-refractivity contribution is 0.358. The van der Waals surface area contributed by atoms with Gasteiger partial charge in [0.2, 0.25) is 5.89 Å². The molecule has 1 heterocycles. The van der Waals surface area contributed by atoms with E-state index in [0.717, 1.165) is 6.42 Å². The van der Waals surface area contributed by atoms with E-state index in [0.29, 0.717) is 24.1 Å². The highest BCUT2D eigenvalue weighted by Gasteiger charge is 2.08. The quantitative estimate of drug-likeness (QED) is 0.760. The summed E-state index contributed by atoms with van der Waals surface area (Å²) < 4.78 is 5.06. The second-order valence-electron chi connectivity index (χ2n) is 3.88. The van der Waals surface area contributed by atoms with E-state index in [9.17, 15) is 0 Å². The second-order valence-corrected chi connectivity index (χ2v) is 3.88. The molecular formula is C9H17N3O. The standard InChI is InChI=1S/C9H17N3O/c1-6(2)4-9-11-8(12-13-9)5-7(3)10/h6-7H,4-5,10H2,1-3H3. The van der Waals surface area contributed by atoms with Crippen LogP contribution in [0.2, 0.25) is 0 Å². The molecule has 0 bridgehead atoms. The van der Waals surface area contributed by atoms with Gasteiger partial charge in [-0.1, -0.05) is 19.0 Å². The first-order chi connectivity index (χ1) is 6.08. The van der Waals surface area contributed by atoms with Gasteiger partial charge in [-0.25, -0.2) is 0 Å². The van der Waals surface area contributed by atoms with Crippen molar-refractivity contribution in [3.63, 3.8) is 0 Å². The van der Waals surface area contributed by atoms with Gasteiger partial charge in [-0.3, -0.25) is 0 Å². The van der Waals surface area contributed by atoms with Crippen LogP contribution in [-0.2, 0) is 12.8 Å². The Morgan fingerprint density at radius 2 is 2.00 bits per heavy atom. The van der Waals surface area contributed by atoms with Crippen LogP contribution < -0.4 is 5.73 Å². The lowest BCUT2D eigenvalue weighted by Crippen LogP contribution is -2.18. The largest absolute Gasteiger partial charge is 0.339 e. The fraction of sp³-hybridized carbons (Fsp3) is 0.778. The third-order valence-electron chi connectivity index (χ3n) is 1.60. The van der Waals surface area contributed by atoms with Gasteiger partial charge in [0.25, 0.3) is 0 Å². The summed E-state index contributed by atoms with van der Waals surface area (Å²) in [4.78, 5) is 4.23. The summed E-state index contributed by atoms with van der Waals surface area (Å²) in [5, 5.41) is 3.84. The highest BCUT2D eigenvalue weighted by atomic mass is 16.5. The molecule has 0 amide bonds. The van der Waals surface area contributed by atoms with Crippen LogP contribution in [0, 0.1) is 5.92 Å². The van der Waals surface area contributed by atoms with Crippen LogP contribution in [0.15, 0.2) is 4.52 Å². The van der Waals surface area contributed by atoms with E-state index in [1.807, 2.05) is 6.92 Å². The third kappa shape index (κ3) is 3.55. The van der Waals surface area contributed by atoms with E-state index in [1.54, 1.807) is 0 Å². The van der Waals surface area contributed by atoms with Crippen molar-refractivity contribution >= 4 is 0 Å². The first-order valence-electron chi connectivity index (χ1n) is 4.65. The minimum absolute atomic E-state index is 0.0875. The first-order valence-corrected chi connectivity index (χ1v) is 4.65. The van der Waals surface area contributed by atoms with Gasteiger partial charge in [-0.05, 0) is 12.8 Å². The van der Waals surface area contributed by atoms with Crippen LogP contribution in [0.5, 0.6) is 0 Å². The Labute approximate surface area is 78.5 Å². The molecule has 0 fully saturated rings. The summed E-state index contributed by atoms with van der Waals surface area (Å²) in [6.07, 6.45) is 1.52. The Morgan fingerprint density at radius 1 is 1.31 bits per heavy atom. The molecule has 1 rings (SSSR count). The number of hydrogen-bond acceptors (Lipinski definition) is 4. The molecule has 1 atom stereocenters. The Bertz CT molecular complexity index is 231. The van der Waals surface area contributed by atoms with Crippen molar-refractivity contribution in [1.82, 2.24) is 10.1 Å². The molecule has 13 heavy (non-hydrogen) atoms. The van der Waals surface area contributed by atoms with Crippen LogP contribution in [0.3, 0.4) is 0 Å². The molecule has 74 valence electrons. The van der Waals surface area contributed by atoms with E-state index in [-0.39, 0.29) is 6.04 Å². The molecule has 4 nitrogen and oxygen atoms in total. The van der Waals surface area contributed by atoms with Crippen molar-refractivity contribution in [2.75, 3.05) is 0 Å². The predicted molar refractivity (Wildman–Crippen MR) is 50.2 cm³/mol. The predicted octanol–water partition coefficient (Wildman–Crippen LogP) is 1.16. The maximum Gasteiger partial charge on any atom is 0.226 e. The summed E-state index contributed by atoms with van der Waals surface area (Å²) in [5.41, 5.74) is 5.61. The molecule has 1 aromatic rings. The highest BCUT2D eigenvalue weighted by Crippen LogP contribution is 2.06. The molecule has 0 spiro atoms. The molecule has 4 heteroatoms. The van der Waals surface area contributed by atoms with Gasteiger partial charge in [0.15, 0.2) is 5.82 Å². The minimum atomic E-state index is 0.0875. The van der Waals surface area contributed by atoms with Crippen molar-refractivity contribution in [3.05, 3.63) is 11.7 Å². The van der Waals surface area contributed by atoms with E-state index >= 15 is 0 Å². The molecule has 0 aliphatic rings. The molecule has 1 unspecified atom stereocenters. The Morgan fingerprint density at radius 3 is 2.54 bits per heavy atom. The maximum atomic E-state index is 5.61. The fourth-order valence-electron chi connectivity index (χ4n) is 1.09. The molecule has 1 aromatic heterocycles. The zero-order chi connectivity index (χ0) is 9.84. The molecule has 0 aliphatic carbocycles. The summed E-state index contributed by atoms with van der Waals surface area (Å²) in [5.74, 6) is 1.97. The second kappa shape index (κ2) is 4.37. The van der Waals surface area contributed by atoms with Gasteiger partial charge in [0, 0.05) is 18.9 Å². The average Bonchev–Trinajstić information content (AvgIpc) is 2.33. The summed E-state index contributed by atoms with van der Waals surface area (Å²) in [7, 11) is 0. The van der Waals surface area contributed by atoms with Crippen molar-refractivity contribution in [3.8, 4) is 0 Å². The van der Waals surface area contributed by atoms with E-state index < -0.39 is 0 Å². The number of nitrogens with two attached hydrogens (primary N) is 1. The average molecular weight is 183 g/mol. The van der Waals surface area contributed by atoms with Crippen LogP contribution >= 0.6 is 0 Å². The molecule has 0 saturated heterocycles. The lowest BCUT2D eigenvalue weighted by Gasteiger charge is -1.97. The lowest BCUT2D eigenvalue weighted by atomic mass is 10.1.